The molecular formula is C5H16Y-2. The van der Waals surface area contributed by atoms with E-state index in [0.717, 1.165) is 0 Å². The first-order chi connectivity index (χ1) is 2.00. The SMILES string of the molecule is C.C.[2H][CH2-].[CH2-]C.[Y]. The first-order valence-corrected chi connectivity index (χ1v) is 0.707. The number of hydrogen-bond donors (Lipinski definition) is 0. The van der Waals surface area contributed by atoms with Crippen molar-refractivity contribution in [2.75, 3.05) is 0 Å². The standard InChI is InChI=1S/C2H5.2CH4.CH3.Y/c1-2;;;;/h1H2,2H3;2*1H4;1H3;/q-1;;;-1;/i;;;1D;. The predicted octanol–water partition coefficient (Wildman–Crippen LogP) is 2.56. The molecule has 0 aliphatic carbocycles. The van der Waals surface area contributed by atoms with Gasteiger partial charge < -0.3 is 14.3 Å². The van der Waals surface area contributed by atoms with Gasteiger partial charge in [0.2, 0.25) is 0 Å². The summed E-state index contributed by atoms with van der Waals surface area (Å²) in [7, 11) is 2.50. The van der Waals surface area contributed by atoms with Crippen LogP contribution in [0.3, 0.4) is 0 Å². The Morgan fingerprint density at radius 2 is 1.33 bits per heavy atom. The Hall–Kier alpha value is 1.10. The van der Waals surface area contributed by atoms with Gasteiger partial charge in [0.15, 0.2) is 0 Å². The van der Waals surface area contributed by atoms with Crippen LogP contribution in [0, 0.1) is 14.3 Å². The molecule has 0 unspecified atom stereocenters. The van der Waals surface area contributed by atoms with Crippen LogP contribution < -0.4 is 0 Å². The van der Waals surface area contributed by atoms with Crippen LogP contribution in [0.4, 0.5) is 0 Å². The molecule has 0 aromatic rings. The third-order valence-electron chi connectivity index (χ3n) is 0. The molecular weight excluding hydrogens is 149 g/mol. The van der Waals surface area contributed by atoms with Gasteiger partial charge in [-0.25, -0.2) is 1.37 Å². The molecule has 0 spiro atoms. The molecule has 0 saturated heterocycles. The largest absolute Gasteiger partial charge is 0.358 e. The smallest absolute Gasteiger partial charge is 0 e. The van der Waals surface area contributed by atoms with Gasteiger partial charge in [-0.3, -0.25) is 0 Å². The molecule has 1 heteroatoms. The van der Waals surface area contributed by atoms with E-state index in [1.54, 1.807) is 6.92 Å². The molecule has 0 aliphatic rings. The van der Waals surface area contributed by atoms with Gasteiger partial charge in [0.05, 0.1) is 0 Å². The van der Waals surface area contributed by atoms with Crippen molar-refractivity contribution in [1.29, 1.82) is 0 Å². The quantitative estimate of drug-likeness (QED) is 0.485. The Kier molecular flexibility index (Phi) is 597. The topological polar surface area (TPSA) is 0 Å². The van der Waals surface area contributed by atoms with E-state index in [-0.39, 0.29) is 47.6 Å². The molecule has 0 aromatic heterocycles. The van der Waals surface area contributed by atoms with Crippen LogP contribution in [0.2, 0.25) is 0 Å². The number of hydrogen-bond acceptors (Lipinski definition) is 0. The zero-order valence-corrected chi connectivity index (χ0v) is 5.83. The minimum absolute atomic E-state index is 0. The Labute approximate surface area is 70.0 Å². The maximum atomic E-state index is 5.50. The molecule has 0 nitrogen and oxygen atoms in total. The molecule has 0 saturated carbocycles. The summed E-state index contributed by atoms with van der Waals surface area (Å²) >= 11 is 0. The van der Waals surface area contributed by atoms with Gasteiger partial charge in [0, 0.05) is 32.7 Å². The van der Waals surface area contributed by atoms with E-state index < -0.39 is 0 Å². The molecule has 1 radical (unpaired) electrons. The summed E-state index contributed by atoms with van der Waals surface area (Å²) in [6.45, 7) is 5.00. The molecule has 0 rings (SSSR count). The van der Waals surface area contributed by atoms with Crippen LogP contribution >= 0.6 is 0 Å². The van der Waals surface area contributed by atoms with Gasteiger partial charge in [-0.1, -0.05) is 14.9 Å². The van der Waals surface area contributed by atoms with Crippen LogP contribution in [-0.4, -0.2) is 0 Å². The Morgan fingerprint density at radius 1 is 1.33 bits per heavy atom. The summed E-state index contributed by atoms with van der Waals surface area (Å²) in [5.41, 5.74) is 0. The van der Waals surface area contributed by atoms with Crippen molar-refractivity contribution in [3.63, 3.8) is 0 Å². The van der Waals surface area contributed by atoms with Crippen molar-refractivity contribution in [2.24, 2.45) is 0 Å². The van der Waals surface area contributed by atoms with E-state index in [2.05, 4.69) is 14.3 Å². The second-order valence-corrected chi connectivity index (χ2v) is 0. The normalized spacial score (nSPS) is 2.17. The summed E-state index contributed by atoms with van der Waals surface area (Å²) in [6.07, 6.45) is 0. The van der Waals surface area contributed by atoms with E-state index in [9.17, 15) is 0 Å². The molecule has 41 valence electrons. The first-order valence-electron chi connectivity index (χ1n) is 1.41. The fourth-order valence-electron chi connectivity index (χ4n) is 0. The van der Waals surface area contributed by atoms with E-state index in [1.807, 2.05) is 0 Å². The van der Waals surface area contributed by atoms with Crippen molar-refractivity contribution >= 4 is 0 Å². The first kappa shape index (κ1) is 27.5. The van der Waals surface area contributed by atoms with Crippen LogP contribution in [0.1, 0.15) is 23.1 Å². The molecule has 0 N–H and O–H groups in total. The zero-order valence-electron chi connectivity index (χ0n) is 3.99. The molecule has 0 bridgehead atoms. The maximum absolute atomic E-state index is 5.50. The Bertz CT molecular complexity index is 8.04. The van der Waals surface area contributed by atoms with Crippen molar-refractivity contribution in [3.8, 4) is 0 Å². The summed E-state index contributed by atoms with van der Waals surface area (Å²) in [5, 5.41) is 0. The fraction of sp³-hybridized carbons (Fsp3) is 0.600. The summed E-state index contributed by atoms with van der Waals surface area (Å²) in [6, 6.07) is 0. The second kappa shape index (κ2) is 130. The molecule has 6 heavy (non-hydrogen) atoms. The average molecular weight is 166 g/mol. The molecule has 0 amide bonds. The van der Waals surface area contributed by atoms with Crippen LogP contribution in [0.5, 0.6) is 0 Å². The van der Waals surface area contributed by atoms with Gasteiger partial charge in [-0.15, -0.1) is 0 Å². The molecule has 0 aliphatic heterocycles. The van der Waals surface area contributed by atoms with Crippen molar-refractivity contribution in [1.82, 2.24) is 0 Å². The summed E-state index contributed by atoms with van der Waals surface area (Å²) in [5.74, 6) is 0. The zero-order chi connectivity index (χ0) is 4.00. The van der Waals surface area contributed by atoms with Gasteiger partial charge >= 0.3 is 0 Å². The molecule has 0 fully saturated rings. The van der Waals surface area contributed by atoms with E-state index in [0.29, 0.717) is 0 Å². The minimum atomic E-state index is 0. The third-order valence-corrected chi connectivity index (χ3v) is 0. The van der Waals surface area contributed by atoms with Crippen molar-refractivity contribution < 1.29 is 34.1 Å². The predicted molar refractivity (Wildman–Crippen MR) is 30.9 cm³/mol. The van der Waals surface area contributed by atoms with Gasteiger partial charge in [0.1, 0.15) is 0 Å². The third kappa shape index (κ3) is 70.5. The Balaban J connectivity index is -0.00000000267. The molecule has 0 heterocycles. The Morgan fingerprint density at radius 3 is 1.33 bits per heavy atom. The van der Waals surface area contributed by atoms with Crippen LogP contribution in [0.15, 0.2) is 0 Å². The summed E-state index contributed by atoms with van der Waals surface area (Å²) < 4.78 is 5.50. The molecule has 0 atom stereocenters. The van der Waals surface area contributed by atoms with Gasteiger partial charge in [-0.05, 0) is 0 Å². The molecule has 0 aromatic carbocycles. The van der Waals surface area contributed by atoms with E-state index >= 15 is 0 Å². The van der Waals surface area contributed by atoms with E-state index in [1.165, 1.54) is 0 Å². The summed E-state index contributed by atoms with van der Waals surface area (Å²) in [4.78, 5) is 0. The fourth-order valence-corrected chi connectivity index (χ4v) is 0. The van der Waals surface area contributed by atoms with Gasteiger partial charge in [0.25, 0.3) is 0 Å². The number of rotatable bonds is 0. The minimum Gasteiger partial charge on any atom is -0.358 e. The maximum Gasteiger partial charge on any atom is 0 e. The van der Waals surface area contributed by atoms with Crippen LogP contribution in [0.25, 0.3) is 0 Å². The second-order valence-electron chi connectivity index (χ2n) is 0. The van der Waals surface area contributed by atoms with Crippen LogP contribution in [-0.2, 0) is 32.7 Å². The van der Waals surface area contributed by atoms with E-state index in [4.69, 9.17) is 1.37 Å². The van der Waals surface area contributed by atoms with Crippen molar-refractivity contribution in [2.45, 2.75) is 21.8 Å². The monoisotopic (exact) mass is 166 g/mol. The van der Waals surface area contributed by atoms with Gasteiger partial charge in [-0.2, -0.15) is 6.92 Å². The van der Waals surface area contributed by atoms with Crippen molar-refractivity contribution in [3.05, 3.63) is 14.3 Å². The average Bonchev–Trinajstić information content (AvgIpc) is 1.50.